The van der Waals surface area contributed by atoms with Crippen LogP contribution in [0.5, 0.6) is 0 Å². The van der Waals surface area contributed by atoms with E-state index in [1.807, 2.05) is 0 Å². The summed E-state index contributed by atoms with van der Waals surface area (Å²) in [5, 5.41) is 0. The summed E-state index contributed by atoms with van der Waals surface area (Å²) in [6.07, 6.45) is 11.0. The fourth-order valence-electron chi connectivity index (χ4n) is 1.19. The molecule has 0 spiro atoms. The van der Waals surface area contributed by atoms with Gasteiger partial charge in [0.05, 0.1) is 0 Å². The Kier molecular flexibility index (Phi) is 3.10. The molecule has 53 valence electrons. The molecule has 1 fully saturated rings. The van der Waals surface area contributed by atoms with Crippen LogP contribution in [0.15, 0.2) is 0 Å². The van der Waals surface area contributed by atoms with Gasteiger partial charge in [0.25, 0.3) is 0 Å². The lowest BCUT2D eigenvalue weighted by Gasteiger charge is -1.95. The maximum atomic E-state index is 2.27. The van der Waals surface area contributed by atoms with Gasteiger partial charge in [0.15, 0.2) is 0 Å². The average Bonchev–Trinajstić information content (AvgIpc) is 2.63. The molecule has 1 aliphatic carbocycles. The molecule has 0 aromatic carbocycles. The van der Waals surface area contributed by atoms with Gasteiger partial charge < -0.3 is 0 Å². The molecule has 0 amide bonds. The van der Waals surface area contributed by atoms with Crippen LogP contribution in [-0.2, 0) is 0 Å². The van der Waals surface area contributed by atoms with E-state index in [2.05, 4.69) is 13.3 Å². The first-order chi connectivity index (χ1) is 4.43. The van der Waals surface area contributed by atoms with Crippen LogP contribution in [-0.4, -0.2) is 0 Å². The summed E-state index contributed by atoms with van der Waals surface area (Å²) in [5.41, 5.74) is 0. The van der Waals surface area contributed by atoms with E-state index >= 15 is 0 Å². The monoisotopic (exact) mass is 125 g/mol. The molecule has 0 atom stereocenters. The van der Waals surface area contributed by atoms with Gasteiger partial charge in [-0.3, -0.25) is 0 Å². The normalized spacial score (nSPS) is 18.3. The molecule has 0 nitrogen and oxygen atoms in total. The van der Waals surface area contributed by atoms with Gasteiger partial charge in [-0.25, -0.2) is 0 Å². The Bertz CT molecular complexity index is 62.4. The summed E-state index contributed by atoms with van der Waals surface area (Å²) in [5.74, 6) is 1.14. The highest BCUT2D eigenvalue weighted by atomic mass is 14.2. The van der Waals surface area contributed by atoms with Crippen molar-refractivity contribution in [1.29, 1.82) is 0 Å². The van der Waals surface area contributed by atoms with E-state index in [0.717, 1.165) is 5.92 Å². The van der Waals surface area contributed by atoms with Crippen LogP contribution in [0.1, 0.15) is 45.4 Å². The van der Waals surface area contributed by atoms with Gasteiger partial charge >= 0.3 is 0 Å². The summed E-state index contributed by atoms with van der Waals surface area (Å²) in [6, 6.07) is 0. The summed E-state index contributed by atoms with van der Waals surface area (Å²) < 4.78 is 0. The minimum atomic E-state index is 1.14. The number of rotatable bonds is 5. The van der Waals surface area contributed by atoms with Gasteiger partial charge in [-0.05, 0) is 12.3 Å². The fraction of sp³-hybridized carbons (Fsp3) is 0.889. The number of hydrogen-bond acceptors (Lipinski definition) is 0. The van der Waals surface area contributed by atoms with Gasteiger partial charge in [0.1, 0.15) is 0 Å². The lowest BCUT2D eigenvalue weighted by molar-refractivity contribution is 0.625. The Morgan fingerprint density at radius 2 is 2.11 bits per heavy atom. The zero-order chi connectivity index (χ0) is 6.53. The van der Waals surface area contributed by atoms with E-state index in [0.29, 0.717) is 0 Å². The van der Waals surface area contributed by atoms with Crippen molar-refractivity contribution in [2.24, 2.45) is 5.92 Å². The fourth-order valence-corrected chi connectivity index (χ4v) is 1.19. The Hall–Kier alpha value is 0. The Balaban J connectivity index is 1.71. The largest absolute Gasteiger partial charge is 0.0623 e. The quantitative estimate of drug-likeness (QED) is 0.495. The molecule has 0 aromatic rings. The van der Waals surface area contributed by atoms with E-state index in [-0.39, 0.29) is 0 Å². The maximum absolute atomic E-state index is 2.27. The lowest BCUT2D eigenvalue weighted by atomic mass is 10.1. The molecular weight excluding hydrogens is 108 g/mol. The van der Waals surface area contributed by atoms with Crippen LogP contribution in [0.25, 0.3) is 0 Å². The third-order valence-electron chi connectivity index (χ3n) is 2.05. The van der Waals surface area contributed by atoms with Crippen molar-refractivity contribution < 1.29 is 0 Å². The molecule has 1 radical (unpaired) electrons. The third-order valence-corrected chi connectivity index (χ3v) is 2.05. The molecule has 0 N–H and O–H groups in total. The smallest absolute Gasteiger partial charge is 0.0414 e. The Morgan fingerprint density at radius 3 is 2.67 bits per heavy atom. The highest BCUT2D eigenvalue weighted by molar-refractivity contribution is 4.72. The highest BCUT2D eigenvalue weighted by Crippen LogP contribution is 2.33. The lowest BCUT2D eigenvalue weighted by Crippen LogP contribution is -1.78. The van der Waals surface area contributed by atoms with E-state index < -0.39 is 0 Å². The molecule has 0 bridgehead atoms. The van der Waals surface area contributed by atoms with Crippen LogP contribution < -0.4 is 0 Å². The van der Waals surface area contributed by atoms with Crippen LogP contribution in [0, 0.1) is 12.3 Å². The Morgan fingerprint density at radius 1 is 1.33 bits per heavy atom. The molecule has 0 saturated heterocycles. The van der Waals surface area contributed by atoms with Crippen molar-refractivity contribution in [2.75, 3.05) is 0 Å². The zero-order valence-corrected chi connectivity index (χ0v) is 6.40. The SMILES string of the molecule is C[CH]CCCCC1CC1. The van der Waals surface area contributed by atoms with E-state index in [1.165, 1.54) is 38.5 Å². The molecule has 1 saturated carbocycles. The Labute approximate surface area is 58.7 Å². The van der Waals surface area contributed by atoms with Crippen molar-refractivity contribution in [2.45, 2.75) is 45.4 Å². The van der Waals surface area contributed by atoms with E-state index in [9.17, 15) is 0 Å². The van der Waals surface area contributed by atoms with Gasteiger partial charge in [-0.1, -0.05) is 45.4 Å². The van der Waals surface area contributed by atoms with Crippen molar-refractivity contribution in [3.8, 4) is 0 Å². The third kappa shape index (κ3) is 3.56. The van der Waals surface area contributed by atoms with Crippen LogP contribution in [0.4, 0.5) is 0 Å². The first kappa shape index (κ1) is 7.11. The zero-order valence-electron chi connectivity index (χ0n) is 6.40. The second kappa shape index (κ2) is 3.92. The first-order valence-corrected chi connectivity index (χ1v) is 4.21. The number of unbranched alkanes of at least 4 members (excludes halogenated alkanes) is 3. The summed E-state index contributed by atoms with van der Waals surface area (Å²) in [6.45, 7) is 2.15. The topological polar surface area (TPSA) is 0 Å². The van der Waals surface area contributed by atoms with Crippen molar-refractivity contribution in [1.82, 2.24) is 0 Å². The molecule has 0 aliphatic heterocycles. The van der Waals surface area contributed by atoms with Crippen LogP contribution in [0.2, 0.25) is 0 Å². The summed E-state index contributed by atoms with van der Waals surface area (Å²) >= 11 is 0. The standard InChI is InChI=1S/C9H17/c1-2-3-4-5-6-9-7-8-9/h2,9H,3-8H2,1H3. The molecular formula is C9H17. The molecule has 9 heavy (non-hydrogen) atoms. The highest BCUT2D eigenvalue weighted by Gasteiger charge is 2.19. The predicted molar refractivity (Wildman–Crippen MR) is 41.2 cm³/mol. The van der Waals surface area contributed by atoms with Crippen molar-refractivity contribution >= 4 is 0 Å². The van der Waals surface area contributed by atoms with Gasteiger partial charge in [0.2, 0.25) is 0 Å². The predicted octanol–water partition coefficient (Wildman–Crippen LogP) is 3.18. The van der Waals surface area contributed by atoms with E-state index in [1.54, 1.807) is 0 Å². The number of hydrogen-bond donors (Lipinski definition) is 0. The average molecular weight is 125 g/mol. The molecule has 1 aliphatic rings. The molecule has 0 heteroatoms. The molecule has 0 heterocycles. The molecule has 0 unspecified atom stereocenters. The van der Waals surface area contributed by atoms with E-state index in [4.69, 9.17) is 0 Å². The van der Waals surface area contributed by atoms with Crippen molar-refractivity contribution in [3.63, 3.8) is 0 Å². The van der Waals surface area contributed by atoms with Crippen LogP contribution in [0.3, 0.4) is 0 Å². The summed E-state index contributed by atoms with van der Waals surface area (Å²) in [4.78, 5) is 0. The maximum Gasteiger partial charge on any atom is -0.0414 e. The minimum absolute atomic E-state index is 1.14. The van der Waals surface area contributed by atoms with Crippen LogP contribution >= 0.6 is 0 Å². The minimum Gasteiger partial charge on any atom is -0.0623 e. The van der Waals surface area contributed by atoms with Gasteiger partial charge in [0, 0.05) is 0 Å². The second-order valence-corrected chi connectivity index (χ2v) is 3.14. The second-order valence-electron chi connectivity index (χ2n) is 3.14. The molecule has 1 rings (SSSR count). The molecule has 0 aromatic heterocycles. The summed E-state index contributed by atoms with van der Waals surface area (Å²) in [7, 11) is 0. The van der Waals surface area contributed by atoms with Crippen molar-refractivity contribution in [3.05, 3.63) is 6.42 Å². The first-order valence-electron chi connectivity index (χ1n) is 4.21. The van der Waals surface area contributed by atoms with Gasteiger partial charge in [-0.2, -0.15) is 0 Å². The van der Waals surface area contributed by atoms with Gasteiger partial charge in [-0.15, -0.1) is 0 Å².